The molecule has 0 aliphatic carbocycles. The number of nitrogens with zero attached hydrogens (tertiary/aromatic N) is 1. The van der Waals surface area contributed by atoms with Crippen molar-refractivity contribution in [3.8, 4) is 11.5 Å². The van der Waals surface area contributed by atoms with Crippen LogP contribution >= 0.6 is 0 Å². The molecule has 1 N–H and O–H groups in total. The predicted octanol–water partition coefficient (Wildman–Crippen LogP) is 3.73. The van der Waals surface area contributed by atoms with Crippen LogP contribution in [0.25, 0.3) is 0 Å². The third-order valence-corrected chi connectivity index (χ3v) is 5.18. The minimum atomic E-state index is -0.1000. The minimum absolute atomic E-state index is 0.0266. The second-order valence-electron chi connectivity index (χ2n) is 7.29. The summed E-state index contributed by atoms with van der Waals surface area (Å²) in [5.41, 5.74) is 2.31. The highest BCUT2D eigenvalue weighted by atomic mass is 16.5. The first-order chi connectivity index (χ1) is 13.7. The zero-order chi connectivity index (χ0) is 19.8. The van der Waals surface area contributed by atoms with E-state index in [0.29, 0.717) is 6.54 Å². The van der Waals surface area contributed by atoms with Gasteiger partial charge in [-0.2, -0.15) is 0 Å². The van der Waals surface area contributed by atoms with Crippen LogP contribution in [0.5, 0.6) is 11.5 Å². The summed E-state index contributed by atoms with van der Waals surface area (Å²) in [5, 5.41) is 3.06. The third kappa shape index (κ3) is 5.73. The molecule has 1 heterocycles. The van der Waals surface area contributed by atoms with Crippen molar-refractivity contribution in [1.29, 1.82) is 0 Å². The van der Waals surface area contributed by atoms with Gasteiger partial charge in [0.05, 0.1) is 13.2 Å². The molecule has 5 heteroatoms. The number of aryl methyl sites for hydroxylation is 1. The number of likely N-dealkylation sites (tertiary alicyclic amines) is 1. The van der Waals surface area contributed by atoms with Gasteiger partial charge in [0.15, 0.2) is 6.61 Å². The Bertz CT molecular complexity index is 755. The molecule has 5 nitrogen and oxygen atoms in total. The van der Waals surface area contributed by atoms with Crippen LogP contribution in [0.3, 0.4) is 0 Å². The number of piperidine rings is 1. The molecule has 1 unspecified atom stereocenters. The Kier molecular flexibility index (Phi) is 7.31. The Morgan fingerprint density at radius 2 is 1.82 bits per heavy atom. The van der Waals surface area contributed by atoms with Gasteiger partial charge in [0.1, 0.15) is 11.5 Å². The number of hydrogen-bond donors (Lipinski definition) is 1. The van der Waals surface area contributed by atoms with E-state index in [1.54, 1.807) is 7.11 Å². The summed E-state index contributed by atoms with van der Waals surface area (Å²) in [6.45, 7) is 4.73. The fourth-order valence-electron chi connectivity index (χ4n) is 3.63. The maximum absolute atomic E-state index is 12.3. The Morgan fingerprint density at radius 1 is 1.07 bits per heavy atom. The first-order valence-electron chi connectivity index (χ1n) is 10.00. The molecule has 2 aromatic rings. The smallest absolute Gasteiger partial charge is 0.258 e. The molecule has 2 aromatic carbocycles. The molecule has 150 valence electrons. The van der Waals surface area contributed by atoms with E-state index >= 15 is 0 Å². The number of rotatable bonds is 8. The molecule has 1 amide bonds. The van der Waals surface area contributed by atoms with Crippen LogP contribution in [0.15, 0.2) is 48.5 Å². The Balaban J connectivity index is 1.59. The van der Waals surface area contributed by atoms with E-state index in [1.165, 1.54) is 24.8 Å². The largest absolute Gasteiger partial charge is 0.497 e. The van der Waals surface area contributed by atoms with Gasteiger partial charge in [0, 0.05) is 6.54 Å². The van der Waals surface area contributed by atoms with Crippen LogP contribution in [0.1, 0.15) is 36.4 Å². The summed E-state index contributed by atoms with van der Waals surface area (Å²) in [5.74, 6) is 1.46. The van der Waals surface area contributed by atoms with E-state index < -0.39 is 0 Å². The standard InChI is InChI=1S/C23H30N2O3/c1-18-7-6-8-21(15-18)28-17-23(26)24-16-22(25-13-4-3-5-14-25)19-9-11-20(27-2)12-10-19/h6-12,15,22H,3-5,13-14,16-17H2,1-2H3,(H,24,26). The lowest BCUT2D eigenvalue weighted by Gasteiger charge is -2.35. The van der Waals surface area contributed by atoms with Crippen LogP contribution in [0.4, 0.5) is 0 Å². The summed E-state index contributed by atoms with van der Waals surface area (Å²) in [6, 6.07) is 16.0. The molecule has 1 aliphatic heterocycles. The maximum Gasteiger partial charge on any atom is 0.258 e. The fourth-order valence-corrected chi connectivity index (χ4v) is 3.63. The number of hydrogen-bond acceptors (Lipinski definition) is 4. The summed E-state index contributed by atoms with van der Waals surface area (Å²) in [7, 11) is 1.67. The number of methoxy groups -OCH3 is 1. The van der Waals surface area contributed by atoms with Gasteiger partial charge in [-0.15, -0.1) is 0 Å². The first kappa shape index (κ1) is 20.2. The Morgan fingerprint density at radius 3 is 2.50 bits per heavy atom. The van der Waals surface area contributed by atoms with Gasteiger partial charge in [0.2, 0.25) is 0 Å². The van der Waals surface area contributed by atoms with Crippen molar-refractivity contribution in [3.05, 3.63) is 59.7 Å². The number of ether oxygens (including phenoxy) is 2. The molecule has 1 atom stereocenters. The molecule has 1 aliphatic rings. The van der Waals surface area contributed by atoms with Crippen molar-refractivity contribution < 1.29 is 14.3 Å². The van der Waals surface area contributed by atoms with E-state index in [4.69, 9.17) is 9.47 Å². The van der Waals surface area contributed by atoms with Crippen molar-refractivity contribution in [2.75, 3.05) is 33.4 Å². The molecule has 0 spiro atoms. The van der Waals surface area contributed by atoms with E-state index in [2.05, 4.69) is 22.3 Å². The van der Waals surface area contributed by atoms with Gasteiger partial charge in [-0.1, -0.05) is 30.7 Å². The monoisotopic (exact) mass is 382 g/mol. The molecular weight excluding hydrogens is 352 g/mol. The van der Waals surface area contributed by atoms with Crippen LogP contribution < -0.4 is 14.8 Å². The normalized spacial score (nSPS) is 15.6. The predicted molar refractivity (Wildman–Crippen MR) is 111 cm³/mol. The maximum atomic E-state index is 12.3. The van der Waals surface area contributed by atoms with Gasteiger partial charge < -0.3 is 14.8 Å². The lowest BCUT2D eigenvalue weighted by molar-refractivity contribution is -0.123. The second-order valence-corrected chi connectivity index (χ2v) is 7.29. The van der Waals surface area contributed by atoms with Gasteiger partial charge in [-0.25, -0.2) is 0 Å². The van der Waals surface area contributed by atoms with Gasteiger partial charge in [0.25, 0.3) is 5.91 Å². The molecule has 0 aromatic heterocycles. The molecule has 1 fully saturated rings. The summed E-state index contributed by atoms with van der Waals surface area (Å²) in [6.07, 6.45) is 3.69. The molecule has 28 heavy (non-hydrogen) atoms. The number of carbonyl (C=O) groups excluding carboxylic acids is 1. The molecule has 1 saturated heterocycles. The topological polar surface area (TPSA) is 50.8 Å². The molecule has 3 rings (SSSR count). The molecule has 0 bridgehead atoms. The molecule has 0 saturated carbocycles. The Labute approximate surface area is 167 Å². The molecular formula is C23H30N2O3. The minimum Gasteiger partial charge on any atom is -0.497 e. The zero-order valence-corrected chi connectivity index (χ0v) is 16.8. The molecule has 0 radical (unpaired) electrons. The van der Waals surface area contributed by atoms with E-state index in [0.717, 1.165) is 30.2 Å². The fraction of sp³-hybridized carbons (Fsp3) is 0.435. The van der Waals surface area contributed by atoms with Crippen LogP contribution in [0.2, 0.25) is 0 Å². The average Bonchev–Trinajstić information content (AvgIpc) is 2.74. The number of amides is 1. The van der Waals surface area contributed by atoms with Crippen molar-refractivity contribution in [2.45, 2.75) is 32.2 Å². The highest BCUT2D eigenvalue weighted by Gasteiger charge is 2.23. The van der Waals surface area contributed by atoms with Crippen LogP contribution in [-0.2, 0) is 4.79 Å². The van der Waals surface area contributed by atoms with Crippen molar-refractivity contribution >= 4 is 5.91 Å². The summed E-state index contributed by atoms with van der Waals surface area (Å²) < 4.78 is 10.9. The third-order valence-electron chi connectivity index (χ3n) is 5.18. The lowest BCUT2D eigenvalue weighted by Crippen LogP contribution is -2.41. The van der Waals surface area contributed by atoms with E-state index in [1.807, 2.05) is 43.3 Å². The van der Waals surface area contributed by atoms with Crippen molar-refractivity contribution in [1.82, 2.24) is 10.2 Å². The van der Waals surface area contributed by atoms with Crippen molar-refractivity contribution in [3.63, 3.8) is 0 Å². The average molecular weight is 383 g/mol. The zero-order valence-electron chi connectivity index (χ0n) is 16.8. The lowest BCUT2D eigenvalue weighted by atomic mass is 10.0. The Hall–Kier alpha value is -2.53. The van der Waals surface area contributed by atoms with Gasteiger partial charge in [-0.05, 0) is 68.2 Å². The highest BCUT2D eigenvalue weighted by molar-refractivity contribution is 5.77. The van der Waals surface area contributed by atoms with E-state index in [-0.39, 0.29) is 18.6 Å². The highest BCUT2D eigenvalue weighted by Crippen LogP contribution is 2.25. The summed E-state index contributed by atoms with van der Waals surface area (Å²) >= 11 is 0. The van der Waals surface area contributed by atoms with Crippen LogP contribution in [0, 0.1) is 6.92 Å². The quantitative estimate of drug-likeness (QED) is 0.756. The van der Waals surface area contributed by atoms with E-state index in [9.17, 15) is 4.79 Å². The van der Waals surface area contributed by atoms with Crippen LogP contribution in [-0.4, -0.2) is 44.2 Å². The van der Waals surface area contributed by atoms with Gasteiger partial charge >= 0.3 is 0 Å². The number of nitrogens with one attached hydrogen (secondary N) is 1. The second kappa shape index (κ2) is 10.1. The number of benzene rings is 2. The first-order valence-corrected chi connectivity index (χ1v) is 10.00. The van der Waals surface area contributed by atoms with Crippen molar-refractivity contribution in [2.24, 2.45) is 0 Å². The SMILES string of the molecule is COc1ccc(C(CNC(=O)COc2cccc(C)c2)N2CCCCC2)cc1. The van der Waals surface area contributed by atoms with Gasteiger partial charge in [-0.3, -0.25) is 9.69 Å². The number of carbonyl (C=O) groups is 1. The summed E-state index contributed by atoms with van der Waals surface area (Å²) in [4.78, 5) is 14.8.